The summed E-state index contributed by atoms with van der Waals surface area (Å²) in [7, 11) is 0. The summed E-state index contributed by atoms with van der Waals surface area (Å²) in [4.78, 5) is 25.3. The summed E-state index contributed by atoms with van der Waals surface area (Å²) < 4.78 is 0. The molecule has 1 aromatic heterocycles. The summed E-state index contributed by atoms with van der Waals surface area (Å²) in [5.41, 5.74) is 2.13. The first-order valence-electron chi connectivity index (χ1n) is 7.27. The lowest BCUT2D eigenvalue weighted by Gasteiger charge is -2.30. The van der Waals surface area contributed by atoms with E-state index in [1.165, 1.54) is 6.20 Å². The van der Waals surface area contributed by atoms with Gasteiger partial charge in [0.15, 0.2) is 0 Å². The summed E-state index contributed by atoms with van der Waals surface area (Å²) in [6.07, 6.45) is 2.53. The first-order valence-corrected chi connectivity index (χ1v) is 7.27. The van der Waals surface area contributed by atoms with E-state index < -0.39 is 5.97 Å². The van der Waals surface area contributed by atoms with Crippen molar-refractivity contribution in [2.75, 3.05) is 13.1 Å². The third kappa shape index (κ3) is 2.72. The Labute approximate surface area is 127 Å². The number of aliphatic carboxylic acids is 1. The molecule has 0 bridgehead atoms. The number of aromatic amines is 1. The van der Waals surface area contributed by atoms with Crippen LogP contribution in [-0.2, 0) is 4.79 Å². The molecule has 22 heavy (non-hydrogen) atoms. The molecule has 2 heterocycles. The van der Waals surface area contributed by atoms with Crippen LogP contribution in [0.1, 0.15) is 23.2 Å². The highest BCUT2D eigenvalue weighted by atomic mass is 16.4. The smallest absolute Gasteiger partial charge is 0.306 e. The van der Waals surface area contributed by atoms with Gasteiger partial charge in [0, 0.05) is 18.7 Å². The van der Waals surface area contributed by atoms with Crippen LogP contribution in [0.25, 0.3) is 11.3 Å². The molecule has 1 fully saturated rings. The van der Waals surface area contributed by atoms with Crippen LogP contribution in [0.5, 0.6) is 0 Å². The molecule has 2 aromatic rings. The number of carbonyl (C=O) groups is 2. The average molecular weight is 299 g/mol. The van der Waals surface area contributed by atoms with E-state index in [0.29, 0.717) is 37.2 Å². The lowest BCUT2D eigenvalue weighted by molar-refractivity contribution is -0.143. The summed E-state index contributed by atoms with van der Waals surface area (Å²) in [6, 6.07) is 9.56. The molecule has 1 saturated heterocycles. The van der Waals surface area contributed by atoms with Crippen molar-refractivity contribution in [2.45, 2.75) is 12.8 Å². The Kier molecular flexibility index (Phi) is 3.91. The molecule has 1 aliphatic rings. The van der Waals surface area contributed by atoms with E-state index >= 15 is 0 Å². The fourth-order valence-electron chi connectivity index (χ4n) is 2.77. The average Bonchev–Trinajstić information content (AvgIpc) is 3.04. The number of nitrogens with one attached hydrogen (secondary N) is 1. The standard InChI is InChI=1S/C16H17N3O3/c20-15(19-8-6-12(7-9-19)16(21)22)13-10-17-18-14(13)11-4-2-1-3-5-11/h1-5,10,12H,6-9H2,(H,17,18)(H,21,22). The minimum atomic E-state index is -0.777. The Bertz CT molecular complexity index is 673. The van der Waals surface area contributed by atoms with Gasteiger partial charge in [-0.25, -0.2) is 0 Å². The molecule has 0 spiro atoms. The maximum Gasteiger partial charge on any atom is 0.306 e. The zero-order valence-corrected chi connectivity index (χ0v) is 12.0. The molecule has 6 nitrogen and oxygen atoms in total. The van der Waals surface area contributed by atoms with Crippen molar-refractivity contribution in [3.63, 3.8) is 0 Å². The number of nitrogens with zero attached hydrogens (tertiary/aromatic N) is 2. The molecule has 114 valence electrons. The zero-order chi connectivity index (χ0) is 15.5. The second-order valence-corrected chi connectivity index (χ2v) is 5.43. The third-order valence-corrected chi connectivity index (χ3v) is 4.06. The fraction of sp³-hybridized carbons (Fsp3) is 0.312. The lowest BCUT2D eigenvalue weighted by Crippen LogP contribution is -2.40. The van der Waals surface area contributed by atoms with E-state index in [1.54, 1.807) is 4.90 Å². The molecule has 1 amide bonds. The normalized spacial score (nSPS) is 15.7. The Morgan fingerprint density at radius 2 is 1.86 bits per heavy atom. The molecule has 1 aliphatic heterocycles. The van der Waals surface area contributed by atoms with E-state index in [0.717, 1.165) is 5.56 Å². The molecule has 0 unspecified atom stereocenters. The van der Waals surface area contributed by atoms with Crippen molar-refractivity contribution in [2.24, 2.45) is 5.92 Å². The van der Waals surface area contributed by atoms with Crippen molar-refractivity contribution in [1.82, 2.24) is 15.1 Å². The number of piperidine rings is 1. The number of likely N-dealkylation sites (tertiary alicyclic amines) is 1. The van der Waals surface area contributed by atoms with Crippen molar-refractivity contribution in [1.29, 1.82) is 0 Å². The number of amides is 1. The van der Waals surface area contributed by atoms with Crippen LogP contribution >= 0.6 is 0 Å². The van der Waals surface area contributed by atoms with Gasteiger partial charge in [0.25, 0.3) is 5.91 Å². The monoisotopic (exact) mass is 299 g/mol. The SMILES string of the molecule is O=C(O)C1CCN(C(=O)c2cn[nH]c2-c2ccccc2)CC1. The van der Waals surface area contributed by atoms with Crippen LogP contribution in [0.3, 0.4) is 0 Å². The maximum atomic E-state index is 12.7. The Morgan fingerprint density at radius 3 is 2.50 bits per heavy atom. The second-order valence-electron chi connectivity index (χ2n) is 5.43. The van der Waals surface area contributed by atoms with Crippen LogP contribution in [0.15, 0.2) is 36.5 Å². The number of benzene rings is 1. The highest BCUT2D eigenvalue weighted by molar-refractivity contribution is 5.99. The van der Waals surface area contributed by atoms with Crippen molar-refractivity contribution in [3.8, 4) is 11.3 Å². The van der Waals surface area contributed by atoms with Crippen molar-refractivity contribution < 1.29 is 14.7 Å². The number of rotatable bonds is 3. The summed E-state index contributed by atoms with van der Waals surface area (Å²) in [5, 5.41) is 15.9. The Hall–Kier alpha value is -2.63. The van der Waals surface area contributed by atoms with Gasteiger partial charge in [0.05, 0.1) is 23.4 Å². The zero-order valence-electron chi connectivity index (χ0n) is 12.0. The highest BCUT2D eigenvalue weighted by Gasteiger charge is 2.29. The number of hydrogen-bond donors (Lipinski definition) is 2. The van der Waals surface area contributed by atoms with Crippen LogP contribution in [0.2, 0.25) is 0 Å². The van der Waals surface area contributed by atoms with E-state index in [-0.39, 0.29) is 11.8 Å². The van der Waals surface area contributed by atoms with Gasteiger partial charge in [-0.1, -0.05) is 30.3 Å². The van der Waals surface area contributed by atoms with Gasteiger partial charge in [-0.3, -0.25) is 14.7 Å². The van der Waals surface area contributed by atoms with Gasteiger partial charge < -0.3 is 10.0 Å². The minimum absolute atomic E-state index is 0.101. The molecule has 0 radical (unpaired) electrons. The van der Waals surface area contributed by atoms with Gasteiger partial charge in [0.1, 0.15) is 0 Å². The molecule has 0 saturated carbocycles. The minimum Gasteiger partial charge on any atom is -0.481 e. The largest absolute Gasteiger partial charge is 0.481 e. The number of carbonyl (C=O) groups excluding carboxylic acids is 1. The summed E-state index contributed by atoms with van der Waals surface area (Å²) >= 11 is 0. The number of carboxylic acid groups (broad SMARTS) is 1. The first-order chi connectivity index (χ1) is 10.7. The second kappa shape index (κ2) is 6.01. The van der Waals surface area contributed by atoms with E-state index in [9.17, 15) is 9.59 Å². The van der Waals surface area contributed by atoms with Crippen LogP contribution < -0.4 is 0 Å². The molecule has 6 heteroatoms. The Morgan fingerprint density at radius 1 is 1.18 bits per heavy atom. The molecule has 0 aliphatic carbocycles. The maximum absolute atomic E-state index is 12.7. The summed E-state index contributed by atoms with van der Waals surface area (Å²) in [6.45, 7) is 0.935. The van der Waals surface area contributed by atoms with Gasteiger partial charge in [-0.2, -0.15) is 5.10 Å². The topological polar surface area (TPSA) is 86.3 Å². The number of hydrogen-bond acceptors (Lipinski definition) is 3. The lowest BCUT2D eigenvalue weighted by atomic mass is 9.96. The quantitative estimate of drug-likeness (QED) is 0.907. The predicted molar refractivity (Wildman–Crippen MR) is 80.3 cm³/mol. The van der Waals surface area contributed by atoms with Crippen molar-refractivity contribution >= 4 is 11.9 Å². The molecule has 2 N–H and O–H groups in total. The fourth-order valence-corrected chi connectivity index (χ4v) is 2.77. The van der Waals surface area contributed by atoms with E-state index in [1.807, 2.05) is 30.3 Å². The van der Waals surface area contributed by atoms with Crippen LogP contribution in [0, 0.1) is 5.92 Å². The van der Waals surface area contributed by atoms with Gasteiger partial charge >= 0.3 is 5.97 Å². The molecular formula is C16H17N3O3. The van der Waals surface area contributed by atoms with Crippen LogP contribution in [0.4, 0.5) is 0 Å². The van der Waals surface area contributed by atoms with E-state index in [2.05, 4.69) is 10.2 Å². The number of aromatic nitrogens is 2. The summed E-state index contributed by atoms with van der Waals surface area (Å²) in [5.74, 6) is -1.22. The highest BCUT2D eigenvalue weighted by Crippen LogP contribution is 2.24. The van der Waals surface area contributed by atoms with Crippen LogP contribution in [-0.4, -0.2) is 45.2 Å². The molecular weight excluding hydrogens is 282 g/mol. The number of H-pyrrole nitrogens is 1. The molecule has 1 aromatic carbocycles. The Balaban J connectivity index is 1.77. The van der Waals surface area contributed by atoms with Gasteiger partial charge in [0.2, 0.25) is 0 Å². The molecule has 3 rings (SSSR count). The van der Waals surface area contributed by atoms with Gasteiger partial charge in [-0.15, -0.1) is 0 Å². The number of carboxylic acids is 1. The first kappa shape index (κ1) is 14.3. The third-order valence-electron chi connectivity index (χ3n) is 4.06. The van der Waals surface area contributed by atoms with Gasteiger partial charge in [-0.05, 0) is 12.8 Å². The van der Waals surface area contributed by atoms with Crippen molar-refractivity contribution in [3.05, 3.63) is 42.1 Å². The predicted octanol–water partition coefficient (Wildman–Crippen LogP) is 2.01. The molecule has 0 atom stereocenters. The van der Waals surface area contributed by atoms with E-state index in [4.69, 9.17) is 5.11 Å².